The Morgan fingerprint density at radius 2 is 2.43 bits per heavy atom. The van der Waals surface area contributed by atoms with Crippen molar-refractivity contribution >= 4 is 6.09 Å². The summed E-state index contributed by atoms with van der Waals surface area (Å²) in [5.74, 6) is 0.565. The molecule has 0 aliphatic heterocycles. The molecule has 0 aliphatic rings. The van der Waals surface area contributed by atoms with Crippen molar-refractivity contribution in [2.45, 2.75) is 26.4 Å². The summed E-state index contributed by atoms with van der Waals surface area (Å²) < 4.78 is 4.86. The van der Waals surface area contributed by atoms with Crippen molar-refractivity contribution in [2.75, 3.05) is 6.54 Å². The molecule has 0 radical (unpaired) electrons. The fourth-order valence-corrected chi connectivity index (χ4v) is 0.821. The largest absolute Gasteiger partial charge is 0.447 e. The number of nitrogens with zero attached hydrogens (tertiary/aromatic N) is 3. The molecule has 0 saturated heterocycles. The Bertz CT molecular complexity index is 272. The Morgan fingerprint density at radius 1 is 1.64 bits per heavy atom. The molecule has 0 atom stereocenters. The maximum Gasteiger partial charge on any atom is 0.407 e. The predicted molar refractivity (Wildman–Crippen MR) is 47.5 cm³/mol. The van der Waals surface area contributed by atoms with Crippen LogP contribution in [0, 0.1) is 0 Å². The van der Waals surface area contributed by atoms with Gasteiger partial charge in [0.15, 0.2) is 5.82 Å². The quantitative estimate of drug-likeness (QED) is 0.705. The van der Waals surface area contributed by atoms with Crippen molar-refractivity contribution in [3.05, 3.63) is 5.82 Å². The van der Waals surface area contributed by atoms with Crippen LogP contribution in [0.3, 0.4) is 0 Å². The van der Waals surface area contributed by atoms with E-state index in [9.17, 15) is 4.79 Å². The summed E-state index contributed by atoms with van der Waals surface area (Å²) in [7, 11) is 0. The molecule has 0 unspecified atom stereocenters. The minimum atomic E-state index is -0.427. The van der Waals surface area contributed by atoms with Crippen LogP contribution in [0.4, 0.5) is 4.79 Å². The summed E-state index contributed by atoms with van der Waals surface area (Å²) in [5.41, 5.74) is 0. The molecule has 1 heterocycles. The Kier molecular flexibility index (Phi) is 3.84. The number of ether oxygens (including phenoxy) is 1. The summed E-state index contributed by atoms with van der Waals surface area (Å²) in [4.78, 5) is 11.0. The molecule has 1 rings (SSSR count). The van der Waals surface area contributed by atoms with Gasteiger partial charge in [-0.2, -0.15) is 5.21 Å². The molecule has 7 nitrogen and oxygen atoms in total. The molecule has 0 bridgehead atoms. The lowest BCUT2D eigenvalue weighted by molar-refractivity contribution is 0.116. The van der Waals surface area contributed by atoms with Crippen LogP contribution in [-0.2, 0) is 11.2 Å². The van der Waals surface area contributed by atoms with Crippen LogP contribution in [0.1, 0.15) is 19.7 Å². The maximum atomic E-state index is 11.0. The molecule has 14 heavy (non-hydrogen) atoms. The minimum absolute atomic E-state index is 0.111. The van der Waals surface area contributed by atoms with E-state index in [-0.39, 0.29) is 6.10 Å². The monoisotopic (exact) mass is 199 g/mol. The Hall–Kier alpha value is -1.66. The first-order chi connectivity index (χ1) is 6.68. The van der Waals surface area contributed by atoms with Crippen molar-refractivity contribution in [2.24, 2.45) is 0 Å². The summed E-state index contributed by atoms with van der Waals surface area (Å²) in [6.07, 6.45) is -0.00682. The van der Waals surface area contributed by atoms with Gasteiger partial charge in [0.1, 0.15) is 0 Å². The molecule has 1 aromatic heterocycles. The van der Waals surface area contributed by atoms with Gasteiger partial charge in [0.25, 0.3) is 0 Å². The highest BCUT2D eigenvalue weighted by molar-refractivity contribution is 5.67. The molecule has 0 spiro atoms. The Balaban J connectivity index is 2.12. The van der Waals surface area contributed by atoms with Crippen molar-refractivity contribution in [3.63, 3.8) is 0 Å². The average Bonchev–Trinajstić information content (AvgIpc) is 2.55. The number of carbonyl (C=O) groups is 1. The van der Waals surface area contributed by atoms with Crippen LogP contribution in [0.2, 0.25) is 0 Å². The van der Waals surface area contributed by atoms with Gasteiger partial charge >= 0.3 is 6.09 Å². The SMILES string of the molecule is CC(C)OC(=O)NCCc1nn[nH]n1. The van der Waals surface area contributed by atoms with Crippen molar-refractivity contribution < 1.29 is 9.53 Å². The third-order valence-electron chi connectivity index (χ3n) is 1.35. The molecule has 7 heteroatoms. The van der Waals surface area contributed by atoms with Gasteiger partial charge in [0.2, 0.25) is 0 Å². The number of hydrogen-bond donors (Lipinski definition) is 2. The van der Waals surface area contributed by atoms with E-state index >= 15 is 0 Å². The van der Waals surface area contributed by atoms with Gasteiger partial charge in [-0.25, -0.2) is 4.79 Å². The van der Waals surface area contributed by atoms with Crippen molar-refractivity contribution in [1.82, 2.24) is 25.9 Å². The number of carbonyl (C=O) groups excluding carboxylic acids is 1. The van der Waals surface area contributed by atoms with E-state index in [2.05, 4.69) is 25.9 Å². The van der Waals surface area contributed by atoms with Crippen LogP contribution >= 0.6 is 0 Å². The number of H-pyrrole nitrogens is 1. The third-order valence-corrected chi connectivity index (χ3v) is 1.35. The van der Waals surface area contributed by atoms with E-state index in [0.29, 0.717) is 18.8 Å². The zero-order chi connectivity index (χ0) is 10.4. The normalized spacial score (nSPS) is 10.2. The molecule has 0 fully saturated rings. The fraction of sp³-hybridized carbons (Fsp3) is 0.714. The van der Waals surface area contributed by atoms with Crippen LogP contribution < -0.4 is 5.32 Å². The van der Waals surface area contributed by atoms with Crippen LogP contribution in [0.15, 0.2) is 0 Å². The first-order valence-corrected chi connectivity index (χ1v) is 4.35. The molecule has 1 aromatic rings. The van der Waals surface area contributed by atoms with E-state index < -0.39 is 6.09 Å². The average molecular weight is 199 g/mol. The van der Waals surface area contributed by atoms with E-state index in [1.165, 1.54) is 0 Å². The number of hydrogen-bond acceptors (Lipinski definition) is 5. The van der Waals surface area contributed by atoms with Crippen molar-refractivity contribution in [1.29, 1.82) is 0 Å². The lowest BCUT2D eigenvalue weighted by Gasteiger charge is -2.08. The Morgan fingerprint density at radius 3 is 3.00 bits per heavy atom. The van der Waals surface area contributed by atoms with Crippen LogP contribution in [0.5, 0.6) is 0 Å². The summed E-state index contributed by atoms with van der Waals surface area (Å²) in [6, 6.07) is 0. The van der Waals surface area contributed by atoms with Crippen LogP contribution in [-0.4, -0.2) is 39.4 Å². The van der Waals surface area contributed by atoms with Gasteiger partial charge in [-0.05, 0) is 13.8 Å². The lowest BCUT2D eigenvalue weighted by atomic mass is 10.4. The number of nitrogens with one attached hydrogen (secondary N) is 2. The summed E-state index contributed by atoms with van der Waals surface area (Å²) >= 11 is 0. The van der Waals surface area contributed by atoms with Gasteiger partial charge in [-0.1, -0.05) is 5.21 Å². The predicted octanol–water partition coefficient (Wildman–Crippen LogP) is -0.123. The molecule has 1 amide bonds. The van der Waals surface area contributed by atoms with Gasteiger partial charge in [0, 0.05) is 13.0 Å². The molecule has 0 saturated carbocycles. The minimum Gasteiger partial charge on any atom is -0.447 e. The highest BCUT2D eigenvalue weighted by atomic mass is 16.6. The highest BCUT2D eigenvalue weighted by Gasteiger charge is 2.04. The van der Waals surface area contributed by atoms with E-state index in [0.717, 1.165) is 0 Å². The molecule has 0 aromatic carbocycles. The maximum absolute atomic E-state index is 11.0. The number of amides is 1. The first kappa shape index (κ1) is 10.4. The van der Waals surface area contributed by atoms with E-state index in [1.54, 1.807) is 13.8 Å². The molecular weight excluding hydrogens is 186 g/mol. The van der Waals surface area contributed by atoms with E-state index in [1.807, 2.05) is 0 Å². The summed E-state index contributed by atoms with van der Waals surface area (Å²) in [5, 5.41) is 15.8. The topological polar surface area (TPSA) is 92.8 Å². The number of aromatic amines is 1. The molecule has 0 aliphatic carbocycles. The zero-order valence-corrected chi connectivity index (χ0v) is 8.15. The Labute approximate surface area is 81.2 Å². The van der Waals surface area contributed by atoms with Gasteiger partial charge in [0.05, 0.1) is 6.10 Å². The van der Waals surface area contributed by atoms with Gasteiger partial charge < -0.3 is 10.1 Å². The second-order valence-corrected chi connectivity index (χ2v) is 2.96. The summed E-state index contributed by atoms with van der Waals surface area (Å²) in [6.45, 7) is 4.02. The number of aromatic nitrogens is 4. The smallest absolute Gasteiger partial charge is 0.407 e. The molecule has 78 valence electrons. The second kappa shape index (κ2) is 5.15. The molecular formula is C7H13N5O2. The van der Waals surface area contributed by atoms with E-state index in [4.69, 9.17) is 4.74 Å². The zero-order valence-electron chi connectivity index (χ0n) is 8.15. The van der Waals surface area contributed by atoms with Gasteiger partial charge in [-0.15, -0.1) is 10.2 Å². The van der Waals surface area contributed by atoms with Gasteiger partial charge in [-0.3, -0.25) is 0 Å². The number of tetrazole rings is 1. The highest BCUT2D eigenvalue weighted by Crippen LogP contribution is 1.89. The number of alkyl carbamates (subject to hydrolysis) is 1. The third kappa shape index (κ3) is 3.83. The fourth-order valence-electron chi connectivity index (χ4n) is 0.821. The lowest BCUT2D eigenvalue weighted by Crippen LogP contribution is -2.28. The first-order valence-electron chi connectivity index (χ1n) is 4.35. The van der Waals surface area contributed by atoms with Crippen LogP contribution in [0.25, 0.3) is 0 Å². The van der Waals surface area contributed by atoms with Crippen molar-refractivity contribution in [3.8, 4) is 0 Å². The molecule has 2 N–H and O–H groups in total. The standard InChI is InChI=1S/C7H13N5O2/c1-5(2)14-7(13)8-4-3-6-9-11-12-10-6/h5H,3-4H2,1-2H3,(H,8,13)(H,9,10,11,12). The second-order valence-electron chi connectivity index (χ2n) is 2.96. The number of rotatable bonds is 4.